The van der Waals surface area contributed by atoms with Crippen molar-refractivity contribution in [1.29, 1.82) is 0 Å². The van der Waals surface area contributed by atoms with Gasteiger partial charge in [0.15, 0.2) is 0 Å². The van der Waals surface area contributed by atoms with Gasteiger partial charge in [-0.05, 0) is 53.9 Å². The number of aromatic nitrogens is 2. The second-order valence-corrected chi connectivity index (χ2v) is 5.02. The highest BCUT2D eigenvalue weighted by Gasteiger charge is 2.09. The number of hydrogen-bond acceptors (Lipinski definition) is 1. The zero-order chi connectivity index (χ0) is 12.6. The third kappa shape index (κ3) is 2.41. The maximum atomic E-state index is 13.4. The van der Waals surface area contributed by atoms with Gasteiger partial charge in [-0.1, -0.05) is 12.1 Å². The summed E-state index contributed by atoms with van der Waals surface area (Å²) in [5, 5.41) is 4.40. The van der Waals surface area contributed by atoms with Gasteiger partial charge in [0, 0.05) is 0 Å². The van der Waals surface area contributed by atoms with E-state index < -0.39 is 0 Å². The fourth-order valence-electron chi connectivity index (χ4n) is 1.74. The Kier molecular flexibility index (Phi) is 3.33. The van der Waals surface area contributed by atoms with Crippen LogP contribution in [-0.2, 0) is 6.54 Å². The van der Waals surface area contributed by atoms with E-state index in [4.69, 9.17) is 0 Å². The van der Waals surface area contributed by atoms with E-state index in [2.05, 4.69) is 21.0 Å². The fraction of sp³-hybridized carbons (Fsp3) is 0.308. The fourth-order valence-corrected chi connectivity index (χ4v) is 2.02. The summed E-state index contributed by atoms with van der Waals surface area (Å²) in [4.78, 5) is 0. The molecule has 1 heterocycles. The van der Waals surface area contributed by atoms with Crippen molar-refractivity contribution in [2.75, 3.05) is 0 Å². The smallest absolute Gasteiger partial charge is 0.126 e. The molecule has 0 fully saturated rings. The first-order valence-corrected chi connectivity index (χ1v) is 6.23. The van der Waals surface area contributed by atoms with E-state index in [0.717, 1.165) is 21.4 Å². The number of halogens is 2. The lowest BCUT2D eigenvalue weighted by atomic mass is 10.1. The van der Waals surface area contributed by atoms with Gasteiger partial charge in [0.05, 0.1) is 22.4 Å². The summed E-state index contributed by atoms with van der Waals surface area (Å²) in [6, 6.07) is 5.30. The van der Waals surface area contributed by atoms with Crippen LogP contribution in [0.4, 0.5) is 4.39 Å². The molecule has 0 bridgehead atoms. The van der Waals surface area contributed by atoms with Crippen LogP contribution >= 0.6 is 15.9 Å². The van der Waals surface area contributed by atoms with E-state index in [1.54, 1.807) is 19.1 Å². The van der Waals surface area contributed by atoms with E-state index >= 15 is 0 Å². The Balaban J connectivity index is 2.31. The van der Waals surface area contributed by atoms with Crippen molar-refractivity contribution in [1.82, 2.24) is 9.78 Å². The molecule has 0 saturated heterocycles. The first-order valence-electron chi connectivity index (χ1n) is 5.43. The van der Waals surface area contributed by atoms with E-state index in [1.165, 1.54) is 0 Å². The maximum Gasteiger partial charge on any atom is 0.126 e. The zero-order valence-corrected chi connectivity index (χ0v) is 11.7. The topological polar surface area (TPSA) is 17.8 Å². The third-order valence-electron chi connectivity index (χ3n) is 2.86. The Bertz CT molecular complexity index is 561. The summed E-state index contributed by atoms with van der Waals surface area (Å²) in [5.41, 5.74) is 3.60. The van der Waals surface area contributed by atoms with Gasteiger partial charge in [-0.15, -0.1) is 0 Å². The molecule has 4 heteroatoms. The van der Waals surface area contributed by atoms with Crippen molar-refractivity contribution in [3.05, 3.63) is 51.0 Å². The van der Waals surface area contributed by atoms with E-state index in [1.807, 2.05) is 24.6 Å². The van der Waals surface area contributed by atoms with Crippen molar-refractivity contribution in [3.8, 4) is 0 Å². The molecule has 0 amide bonds. The molecule has 2 nitrogen and oxygen atoms in total. The molecule has 17 heavy (non-hydrogen) atoms. The minimum absolute atomic E-state index is 0.164. The molecule has 0 spiro atoms. The lowest BCUT2D eigenvalue weighted by Crippen LogP contribution is -2.04. The van der Waals surface area contributed by atoms with Crippen molar-refractivity contribution < 1.29 is 4.39 Å². The molecule has 2 rings (SSSR count). The molecule has 0 radical (unpaired) electrons. The number of nitrogens with zero attached hydrogens (tertiary/aromatic N) is 2. The molecule has 0 aliphatic heterocycles. The Morgan fingerprint density at radius 1 is 1.29 bits per heavy atom. The normalized spacial score (nSPS) is 10.9. The van der Waals surface area contributed by atoms with Crippen LogP contribution in [0.2, 0.25) is 0 Å². The van der Waals surface area contributed by atoms with Crippen LogP contribution in [-0.4, -0.2) is 9.78 Å². The zero-order valence-electron chi connectivity index (χ0n) is 10.1. The van der Waals surface area contributed by atoms with E-state index in [-0.39, 0.29) is 5.82 Å². The van der Waals surface area contributed by atoms with Gasteiger partial charge >= 0.3 is 0 Å². The van der Waals surface area contributed by atoms with Crippen LogP contribution in [0.15, 0.2) is 22.7 Å². The summed E-state index contributed by atoms with van der Waals surface area (Å²) in [6.45, 7) is 6.30. The van der Waals surface area contributed by atoms with Gasteiger partial charge in [0.25, 0.3) is 0 Å². The number of rotatable bonds is 2. The molecule has 1 aromatic heterocycles. The molecule has 0 aliphatic carbocycles. The highest BCUT2D eigenvalue weighted by atomic mass is 79.9. The largest absolute Gasteiger partial charge is 0.264 e. The highest BCUT2D eigenvalue weighted by molar-refractivity contribution is 9.10. The molecule has 0 N–H and O–H groups in total. The SMILES string of the molecule is Cc1ccc(Cn2nc(C)c(Br)c2C)cc1F. The Hall–Kier alpha value is -1.16. The van der Waals surface area contributed by atoms with Crippen molar-refractivity contribution in [3.63, 3.8) is 0 Å². The van der Waals surface area contributed by atoms with Crippen molar-refractivity contribution >= 4 is 15.9 Å². The molecule has 1 aromatic carbocycles. The molecular formula is C13H14BrFN2. The first-order chi connectivity index (χ1) is 7.99. The first kappa shape index (κ1) is 12.3. The van der Waals surface area contributed by atoms with Crippen LogP contribution in [0.5, 0.6) is 0 Å². The van der Waals surface area contributed by atoms with Crippen LogP contribution in [0.3, 0.4) is 0 Å². The molecule has 0 aliphatic rings. The quantitative estimate of drug-likeness (QED) is 0.825. The van der Waals surface area contributed by atoms with Crippen LogP contribution in [0, 0.1) is 26.6 Å². The third-order valence-corrected chi connectivity index (χ3v) is 4.01. The predicted octanol–water partition coefficient (Wildman–Crippen LogP) is 3.76. The minimum Gasteiger partial charge on any atom is -0.264 e. The lowest BCUT2D eigenvalue weighted by molar-refractivity contribution is 0.608. The average Bonchev–Trinajstić information content (AvgIpc) is 2.52. The van der Waals surface area contributed by atoms with Crippen molar-refractivity contribution in [2.45, 2.75) is 27.3 Å². The second-order valence-electron chi connectivity index (χ2n) is 4.23. The molecule has 0 unspecified atom stereocenters. The number of hydrogen-bond donors (Lipinski definition) is 0. The standard InChI is InChI=1S/C13H14BrFN2/c1-8-4-5-11(6-12(8)15)7-17-10(3)13(14)9(2)16-17/h4-6H,7H2,1-3H3. The Morgan fingerprint density at radius 3 is 2.53 bits per heavy atom. The van der Waals surface area contributed by atoms with E-state index in [9.17, 15) is 4.39 Å². The predicted molar refractivity (Wildman–Crippen MR) is 69.6 cm³/mol. The number of aryl methyl sites for hydroxylation is 2. The van der Waals surface area contributed by atoms with Gasteiger partial charge in [-0.25, -0.2) is 4.39 Å². The van der Waals surface area contributed by atoms with Crippen LogP contribution in [0.1, 0.15) is 22.5 Å². The van der Waals surface area contributed by atoms with Gasteiger partial charge in [0.2, 0.25) is 0 Å². The van der Waals surface area contributed by atoms with E-state index in [0.29, 0.717) is 12.1 Å². The maximum absolute atomic E-state index is 13.4. The summed E-state index contributed by atoms with van der Waals surface area (Å²) < 4.78 is 16.3. The second kappa shape index (κ2) is 4.61. The van der Waals surface area contributed by atoms with Gasteiger partial charge in [-0.2, -0.15) is 5.10 Å². The Morgan fingerprint density at radius 2 is 2.00 bits per heavy atom. The lowest BCUT2D eigenvalue weighted by Gasteiger charge is -2.06. The van der Waals surface area contributed by atoms with Gasteiger partial charge < -0.3 is 0 Å². The summed E-state index contributed by atoms with van der Waals surface area (Å²) in [5.74, 6) is -0.164. The van der Waals surface area contributed by atoms with Gasteiger partial charge in [0.1, 0.15) is 5.82 Å². The van der Waals surface area contributed by atoms with Crippen LogP contribution < -0.4 is 0 Å². The van der Waals surface area contributed by atoms with Crippen molar-refractivity contribution in [2.24, 2.45) is 0 Å². The number of benzene rings is 1. The summed E-state index contributed by atoms with van der Waals surface area (Å²) in [7, 11) is 0. The van der Waals surface area contributed by atoms with Crippen LogP contribution in [0.25, 0.3) is 0 Å². The minimum atomic E-state index is -0.164. The summed E-state index contributed by atoms with van der Waals surface area (Å²) in [6.07, 6.45) is 0. The monoisotopic (exact) mass is 296 g/mol. The summed E-state index contributed by atoms with van der Waals surface area (Å²) >= 11 is 3.48. The van der Waals surface area contributed by atoms with Gasteiger partial charge in [-0.3, -0.25) is 4.68 Å². The Labute approximate surface area is 109 Å². The average molecular weight is 297 g/mol. The molecule has 0 saturated carbocycles. The highest BCUT2D eigenvalue weighted by Crippen LogP contribution is 2.21. The molecular weight excluding hydrogens is 283 g/mol. The molecule has 90 valence electrons. The molecule has 0 atom stereocenters. The molecule has 2 aromatic rings.